The van der Waals surface area contributed by atoms with Gasteiger partial charge in [0.05, 0.1) is 4.92 Å². The van der Waals surface area contributed by atoms with Gasteiger partial charge in [-0.3, -0.25) is 19.7 Å². The molecule has 1 aromatic rings. The predicted octanol–water partition coefficient (Wildman–Crippen LogP) is 1.89. The van der Waals surface area contributed by atoms with E-state index in [9.17, 15) is 19.7 Å². The van der Waals surface area contributed by atoms with Gasteiger partial charge in [0, 0.05) is 36.8 Å². The Kier molecular flexibility index (Phi) is 4.12. The van der Waals surface area contributed by atoms with Gasteiger partial charge in [0.1, 0.15) is 0 Å². The van der Waals surface area contributed by atoms with Crippen LogP contribution >= 0.6 is 0 Å². The first-order valence-corrected chi connectivity index (χ1v) is 6.52. The number of anilines is 1. The summed E-state index contributed by atoms with van der Waals surface area (Å²) in [6.45, 7) is 3.17. The van der Waals surface area contributed by atoms with Crippen LogP contribution in [0.5, 0.6) is 0 Å². The van der Waals surface area contributed by atoms with E-state index in [0.29, 0.717) is 32.2 Å². The van der Waals surface area contributed by atoms with Gasteiger partial charge in [0.25, 0.3) is 5.69 Å². The van der Waals surface area contributed by atoms with E-state index >= 15 is 0 Å². The summed E-state index contributed by atoms with van der Waals surface area (Å²) in [7, 11) is 0. The fraction of sp³-hybridized carbons (Fsp3) is 0.429. The maximum atomic E-state index is 11.3. The highest BCUT2D eigenvalue weighted by Gasteiger charge is 2.25. The maximum Gasteiger partial charge on any atom is 0.271 e. The Labute approximate surface area is 116 Å². The number of nitrogens with zero attached hydrogens (tertiary/aromatic N) is 2. The zero-order valence-corrected chi connectivity index (χ0v) is 11.2. The summed E-state index contributed by atoms with van der Waals surface area (Å²) < 4.78 is 0. The lowest BCUT2D eigenvalue weighted by molar-refractivity contribution is -0.384. The van der Waals surface area contributed by atoms with Gasteiger partial charge >= 0.3 is 0 Å². The largest absolute Gasteiger partial charge is 0.371 e. The summed E-state index contributed by atoms with van der Waals surface area (Å²) >= 11 is 0. The smallest absolute Gasteiger partial charge is 0.271 e. The predicted molar refractivity (Wildman–Crippen MR) is 73.8 cm³/mol. The van der Waals surface area contributed by atoms with E-state index in [1.54, 1.807) is 12.1 Å². The van der Waals surface area contributed by atoms with Crippen molar-refractivity contribution in [3.05, 3.63) is 33.9 Å². The number of rotatable bonds is 4. The Hall–Kier alpha value is -2.24. The minimum absolute atomic E-state index is 0.0664. The monoisotopic (exact) mass is 276 g/mol. The molecule has 0 aromatic heterocycles. The van der Waals surface area contributed by atoms with Crippen molar-refractivity contribution in [1.82, 2.24) is 0 Å². The minimum atomic E-state index is -0.411. The lowest BCUT2D eigenvalue weighted by Gasteiger charge is -2.33. The molecule has 0 N–H and O–H groups in total. The van der Waals surface area contributed by atoms with Crippen LogP contribution in [0.15, 0.2) is 18.2 Å². The summed E-state index contributed by atoms with van der Waals surface area (Å²) in [5, 5.41) is 10.8. The van der Waals surface area contributed by atoms with E-state index in [1.165, 1.54) is 6.07 Å². The highest BCUT2D eigenvalue weighted by Crippen LogP contribution is 2.29. The number of nitro benzene ring substituents is 1. The number of hydrogen-bond donors (Lipinski definition) is 0. The van der Waals surface area contributed by atoms with E-state index in [1.807, 2.05) is 11.8 Å². The Morgan fingerprint density at radius 1 is 1.40 bits per heavy atom. The number of non-ortho nitro benzene ring substituents is 1. The molecule has 20 heavy (non-hydrogen) atoms. The highest BCUT2D eigenvalue weighted by atomic mass is 16.6. The van der Waals surface area contributed by atoms with Crippen LogP contribution in [-0.4, -0.2) is 30.1 Å². The molecular weight excluding hydrogens is 260 g/mol. The van der Waals surface area contributed by atoms with E-state index in [-0.39, 0.29) is 17.4 Å². The number of carbonyl (C=O) groups is 2. The number of nitro groups is 1. The zero-order valence-electron chi connectivity index (χ0n) is 11.2. The number of benzene rings is 1. The van der Waals surface area contributed by atoms with Gasteiger partial charge in [-0.05, 0) is 25.3 Å². The zero-order chi connectivity index (χ0) is 14.7. The van der Waals surface area contributed by atoms with E-state index in [4.69, 9.17) is 0 Å². The molecule has 106 valence electrons. The van der Waals surface area contributed by atoms with Gasteiger partial charge in [0.2, 0.25) is 0 Å². The lowest BCUT2D eigenvalue weighted by Crippen LogP contribution is -2.37. The molecule has 0 spiro atoms. The molecule has 1 aliphatic rings. The molecule has 0 radical (unpaired) electrons. The molecule has 1 saturated heterocycles. The van der Waals surface area contributed by atoms with Crippen molar-refractivity contribution in [2.45, 2.75) is 19.8 Å². The van der Waals surface area contributed by atoms with Crippen LogP contribution in [0, 0.1) is 23.0 Å². The van der Waals surface area contributed by atoms with Gasteiger partial charge in [-0.1, -0.05) is 6.07 Å². The summed E-state index contributed by atoms with van der Waals surface area (Å²) in [4.78, 5) is 34.3. The average molecular weight is 276 g/mol. The summed E-state index contributed by atoms with van der Waals surface area (Å²) in [5.74, 6) is -0.553. The number of Topliss-reactive ketones (excluding diaryl/α,β-unsaturated/α-hetero) is 1. The number of hydrogen-bond acceptors (Lipinski definition) is 5. The molecule has 0 unspecified atom stereocenters. The van der Waals surface area contributed by atoms with Crippen LogP contribution in [0.2, 0.25) is 0 Å². The molecule has 2 rings (SSSR count). The molecule has 1 fully saturated rings. The molecular formula is C14H16N2O4. The summed E-state index contributed by atoms with van der Waals surface area (Å²) in [6, 6.07) is 4.79. The third-order valence-corrected chi connectivity index (χ3v) is 3.76. The molecule has 0 atom stereocenters. The first kappa shape index (κ1) is 14.2. The Morgan fingerprint density at radius 2 is 2.05 bits per heavy atom. The average Bonchev–Trinajstić information content (AvgIpc) is 2.47. The second-order valence-corrected chi connectivity index (χ2v) is 5.01. The van der Waals surface area contributed by atoms with Crippen LogP contribution < -0.4 is 4.90 Å². The number of ketones is 1. The number of piperidine rings is 1. The van der Waals surface area contributed by atoms with Gasteiger partial charge in [-0.25, -0.2) is 0 Å². The van der Waals surface area contributed by atoms with Crippen LogP contribution in [0.4, 0.5) is 11.4 Å². The van der Waals surface area contributed by atoms with Crippen molar-refractivity contribution in [2.24, 2.45) is 5.92 Å². The van der Waals surface area contributed by atoms with Crippen LogP contribution in [0.25, 0.3) is 0 Å². The molecule has 6 heteroatoms. The molecule has 1 aliphatic heterocycles. The van der Waals surface area contributed by atoms with Crippen molar-refractivity contribution in [1.29, 1.82) is 0 Å². The molecule has 0 bridgehead atoms. The molecule has 1 heterocycles. The standard InChI is InChI=1S/C14H16N2O4/c1-10-2-3-12(16(19)20)8-13(10)15-6-4-11(5-7-15)14(18)9-17/h2-3,8-9,11H,4-7H2,1H3. The van der Waals surface area contributed by atoms with Crippen LogP contribution in [0.1, 0.15) is 18.4 Å². The van der Waals surface area contributed by atoms with E-state index in [0.717, 1.165) is 11.3 Å². The number of aldehydes is 1. The molecule has 6 nitrogen and oxygen atoms in total. The third kappa shape index (κ3) is 2.84. The fourth-order valence-electron chi connectivity index (χ4n) is 2.55. The lowest BCUT2D eigenvalue weighted by atomic mass is 9.92. The Bertz CT molecular complexity index is 548. The first-order chi connectivity index (χ1) is 9.52. The van der Waals surface area contributed by atoms with Crippen molar-refractivity contribution < 1.29 is 14.5 Å². The Balaban J connectivity index is 2.14. The second kappa shape index (κ2) is 5.81. The molecule has 0 saturated carbocycles. The van der Waals surface area contributed by atoms with E-state index < -0.39 is 4.92 Å². The van der Waals surface area contributed by atoms with Crippen LogP contribution in [0.3, 0.4) is 0 Å². The van der Waals surface area contributed by atoms with Crippen molar-refractivity contribution in [2.75, 3.05) is 18.0 Å². The summed E-state index contributed by atoms with van der Waals surface area (Å²) in [5.41, 5.74) is 1.86. The molecule has 1 aromatic carbocycles. The van der Waals surface area contributed by atoms with Gasteiger partial charge < -0.3 is 4.90 Å². The second-order valence-electron chi connectivity index (χ2n) is 5.01. The summed E-state index contributed by atoms with van der Waals surface area (Å²) in [6.07, 6.45) is 1.61. The van der Waals surface area contributed by atoms with Crippen LogP contribution in [-0.2, 0) is 9.59 Å². The van der Waals surface area contributed by atoms with Gasteiger partial charge in [0.15, 0.2) is 12.1 Å². The molecule has 0 aliphatic carbocycles. The van der Waals surface area contributed by atoms with E-state index in [2.05, 4.69) is 0 Å². The normalized spacial score (nSPS) is 15.9. The quantitative estimate of drug-likeness (QED) is 0.363. The van der Waals surface area contributed by atoms with Gasteiger partial charge in [-0.15, -0.1) is 0 Å². The van der Waals surface area contributed by atoms with Crippen molar-refractivity contribution >= 4 is 23.4 Å². The Morgan fingerprint density at radius 3 is 2.60 bits per heavy atom. The van der Waals surface area contributed by atoms with Crippen molar-refractivity contribution in [3.63, 3.8) is 0 Å². The molecule has 0 amide bonds. The first-order valence-electron chi connectivity index (χ1n) is 6.52. The minimum Gasteiger partial charge on any atom is -0.371 e. The fourth-order valence-corrected chi connectivity index (χ4v) is 2.55. The van der Waals surface area contributed by atoms with Crippen molar-refractivity contribution in [3.8, 4) is 0 Å². The number of aryl methyl sites for hydroxylation is 1. The number of carbonyl (C=O) groups excluding carboxylic acids is 2. The maximum absolute atomic E-state index is 11.3. The topological polar surface area (TPSA) is 80.5 Å². The highest BCUT2D eigenvalue weighted by molar-refractivity contribution is 6.25. The third-order valence-electron chi connectivity index (χ3n) is 3.76. The van der Waals surface area contributed by atoms with Gasteiger partial charge in [-0.2, -0.15) is 0 Å². The SMILES string of the molecule is Cc1ccc([N+](=O)[O-])cc1N1CCC(C(=O)C=O)CC1.